The zero-order valence-electron chi connectivity index (χ0n) is 14.2. The molecule has 0 aromatic heterocycles. The van der Waals surface area contributed by atoms with Crippen LogP contribution in [-0.2, 0) is 14.8 Å². The minimum absolute atomic E-state index is 0.140. The van der Waals surface area contributed by atoms with Crippen LogP contribution in [0.25, 0.3) is 0 Å². The molecule has 1 N–H and O–H groups in total. The average molecular weight is 373 g/mol. The van der Waals surface area contributed by atoms with E-state index in [0.29, 0.717) is 17.1 Å². The topological polar surface area (TPSA) is 66.5 Å². The third-order valence-corrected chi connectivity index (χ3v) is 5.76. The van der Waals surface area contributed by atoms with Gasteiger partial charge in [0.05, 0.1) is 11.9 Å². The molecule has 1 atom stereocenters. The zero-order valence-corrected chi connectivity index (χ0v) is 15.7. The molecule has 0 bridgehead atoms. The van der Waals surface area contributed by atoms with Crippen molar-refractivity contribution in [3.63, 3.8) is 0 Å². The molecule has 134 valence electrons. The highest BCUT2D eigenvalue weighted by Crippen LogP contribution is 2.26. The standard InChI is InChI=1S/C17H25ClN2O3S/c1-3-16(17(21)19-14-9-5-4-6-10-14)20(24(2,22)23)15-11-7-8-13(18)12-15/h7-8,11-12,14,16H,3-6,9-10H2,1-2H3,(H,19,21)/t16-/m1/s1. The van der Waals surface area contributed by atoms with Crippen LogP contribution >= 0.6 is 11.6 Å². The molecule has 5 nitrogen and oxygen atoms in total. The Kier molecular flexibility index (Phi) is 6.52. The van der Waals surface area contributed by atoms with Crippen molar-refractivity contribution in [2.75, 3.05) is 10.6 Å². The first-order chi connectivity index (χ1) is 11.3. The quantitative estimate of drug-likeness (QED) is 0.832. The minimum Gasteiger partial charge on any atom is -0.352 e. The predicted molar refractivity (Wildman–Crippen MR) is 97.9 cm³/mol. The van der Waals surface area contributed by atoms with Crippen LogP contribution in [0.2, 0.25) is 5.02 Å². The van der Waals surface area contributed by atoms with Gasteiger partial charge in [-0.2, -0.15) is 0 Å². The number of carbonyl (C=O) groups excluding carboxylic acids is 1. The lowest BCUT2D eigenvalue weighted by atomic mass is 9.95. The Balaban J connectivity index is 2.26. The first kappa shape index (κ1) is 19.1. The molecule has 24 heavy (non-hydrogen) atoms. The van der Waals surface area contributed by atoms with Gasteiger partial charge in [0.25, 0.3) is 0 Å². The summed E-state index contributed by atoms with van der Waals surface area (Å²) in [7, 11) is -3.62. The molecular weight excluding hydrogens is 348 g/mol. The molecule has 7 heteroatoms. The van der Waals surface area contributed by atoms with Crippen molar-refractivity contribution in [2.24, 2.45) is 0 Å². The van der Waals surface area contributed by atoms with Crippen molar-refractivity contribution in [1.29, 1.82) is 0 Å². The summed E-state index contributed by atoms with van der Waals surface area (Å²) in [6.45, 7) is 1.81. The number of rotatable bonds is 6. The fraction of sp³-hybridized carbons (Fsp3) is 0.588. The first-order valence-electron chi connectivity index (χ1n) is 8.38. The highest BCUT2D eigenvalue weighted by Gasteiger charge is 2.32. The molecule has 0 radical (unpaired) electrons. The molecule has 0 unspecified atom stereocenters. The molecule has 1 fully saturated rings. The van der Waals surface area contributed by atoms with Crippen molar-refractivity contribution in [3.8, 4) is 0 Å². The number of nitrogens with one attached hydrogen (secondary N) is 1. The SMILES string of the molecule is CC[C@H](C(=O)NC1CCCCC1)N(c1cccc(Cl)c1)S(C)(=O)=O. The van der Waals surface area contributed by atoms with Crippen LogP contribution in [-0.4, -0.2) is 32.7 Å². The van der Waals surface area contributed by atoms with E-state index in [2.05, 4.69) is 5.32 Å². The second kappa shape index (κ2) is 8.21. The van der Waals surface area contributed by atoms with Crippen molar-refractivity contribution < 1.29 is 13.2 Å². The van der Waals surface area contributed by atoms with Gasteiger partial charge in [-0.3, -0.25) is 9.10 Å². The van der Waals surface area contributed by atoms with Gasteiger partial charge in [0.1, 0.15) is 6.04 Å². The van der Waals surface area contributed by atoms with Gasteiger partial charge in [0.15, 0.2) is 0 Å². The average Bonchev–Trinajstić information content (AvgIpc) is 2.52. The number of nitrogens with zero attached hydrogens (tertiary/aromatic N) is 1. The number of anilines is 1. The van der Waals surface area contributed by atoms with Gasteiger partial charge >= 0.3 is 0 Å². The molecule has 0 aliphatic heterocycles. The van der Waals surface area contributed by atoms with Crippen LogP contribution in [0.4, 0.5) is 5.69 Å². The molecule has 2 rings (SSSR count). The van der Waals surface area contributed by atoms with Crippen LogP contribution in [0.15, 0.2) is 24.3 Å². The van der Waals surface area contributed by atoms with E-state index in [1.165, 1.54) is 10.7 Å². The summed E-state index contributed by atoms with van der Waals surface area (Å²) in [5.41, 5.74) is 0.413. The van der Waals surface area contributed by atoms with E-state index in [-0.39, 0.29) is 11.9 Å². The van der Waals surface area contributed by atoms with Crippen molar-refractivity contribution in [2.45, 2.75) is 57.5 Å². The number of hydrogen-bond acceptors (Lipinski definition) is 3. The van der Waals surface area contributed by atoms with E-state index >= 15 is 0 Å². The minimum atomic E-state index is -3.62. The van der Waals surface area contributed by atoms with Crippen LogP contribution in [0.3, 0.4) is 0 Å². The lowest BCUT2D eigenvalue weighted by Crippen LogP contribution is -2.51. The molecule has 0 spiro atoms. The molecule has 1 saturated carbocycles. The Bertz CT molecular complexity index is 672. The van der Waals surface area contributed by atoms with E-state index in [1.807, 2.05) is 6.92 Å². The van der Waals surface area contributed by atoms with Crippen LogP contribution in [0.5, 0.6) is 0 Å². The molecule has 0 heterocycles. The summed E-state index contributed by atoms with van der Waals surface area (Å²) in [6, 6.07) is 5.94. The summed E-state index contributed by atoms with van der Waals surface area (Å²) < 4.78 is 25.9. The Labute approximate surface area is 149 Å². The normalized spacial score (nSPS) is 17.3. The molecule has 0 saturated heterocycles. The maximum absolute atomic E-state index is 12.7. The van der Waals surface area contributed by atoms with E-state index in [0.717, 1.165) is 31.9 Å². The molecule has 1 aromatic rings. The fourth-order valence-electron chi connectivity index (χ4n) is 3.22. The summed E-state index contributed by atoms with van der Waals surface area (Å²) in [5, 5.41) is 3.46. The molecule has 1 aliphatic carbocycles. The number of halogens is 1. The highest BCUT2D eigenvalue weighted by atomic mass is 35.5. The Morgan fingerprint density at radius 2 is 2.00 bits per heavy atom. The first-order valence-corrected chi connectivity index (χ1v) is 10.6. The van der Waals surface area contributed by atoms with E-state index in [4.69, 9.17) is 11.6 Å². The maximum Gasteiger partial charge on any atom is 0.244 e. The largest absolute Gasteiger partial charge is 0.352 e. The Morgan fingerprint density at radius 3 is 2.54 bits per heavy atom. The van der Waals surface area contributed by atoms with Crippen molar-refractivity contribution >= 4 is 33.2 Å². The summed E-state index contributed by atoms with van der Waals surface area (Å²) >= 11 is 6.00. The van der Waals surface area contributed by atoms with E-state index in [9.17, 15) is 13.2 Å². The number of benzene rings is 1. The van der Waals surface area contributed by atoms with Crippen LogP contribution < -0.4 is 9.62 Å². The summed E-state index contributed by atoms with van der Waals surface area (Å²) in [5.74, 6) is -0.241. The maximum atomic E-state index is 12.7. The van der Waals surface area contributed by atoms with Gasteiger partial charge in [0.2, 0.25) is 15.9 Å². The summed E-state index contributed by atoms with van der Waals surface area (Å²) in [4.78, 5) is 12.7. The van der Waals surface area contributed by atoms with Gasteiger partial charge in [0, 0.05) is 11.1 Å². The third kappa shape index (κ3) is 4.86. The summed E-state index contributed by atoms with van der Waals surface area (Å²) in [6.07, 6.45) is 6.82. The van der Waals surface area contributed by atoms with E-state index < -0.39 is 16.1 Å². The van der Waals surface area contributed by atoms with Crippen molar-refractivity contribution in [3.05, 3.63) is 29.3 Å². The molecular formula is C17H25ClN2O3S. The predicted octanol–water partition coefficient (Wildman–Crippen LogP) is 3.33. The fourth-order valence-corrected chi connectivity index (χ4v) is 4.61. The van der Waals surface area contributed by atoms with Crippen LogP contribution in [0, 0.1) is 0 Å². The van der Waals surface area contributed by atoms with Gasteiger partial charge in [-0.15, -0.1) is 0 Å². The van der Waals surface area contributed by atoms with Crippen molar-refractivity contribution in [1.82, 2.24) is 5.32 Å². The van der Waals surface area contributed by atoms with E-state index in [1.54, 1.807) is 24.3 Å². The molecule has 1 amide bonds. The third-order valence-electron chi connectivity index (χ3n) is 4.34. The van der Waals surface area contributed by atoms with Gasteiger partial charge in [-0.25, -0.2) is 8.42 Å². The second-order valence-corrected chi connectivity index (χ2v) is 8.60. The number of sulfonamides is 1. The zero-order chi connectivity index (χ0) is 17.7. The number of carbonyl (C=O) groups is 1. The lowest BCUT2D eigenvalue weighted by molar-refractivity contribution is -0.123. The molecule has 1 aliphatic rings. The molecule has 1 aromatic carbocycles. The lowest BCUT2D eigenvalue weighted by Gasteiger charge is -2.32. The van der Waals surface area contributed by atoms with Gasteiger partial charge in [-0.1, -0.05) is 43.9 Å². The monoisotopic (exact) mass is 372 g/mol. The Morgan fingerprint density at radius 1 is 1.33 bits per heavy atom. The number of amides is 1. The smallest absolute Gasteiger partial charge is 0.244 e. The van der Waals surface area contributed by atoms with Gasteiger partial charge in [-0.05, 0) is 37.5 Å². The second-order valence-electron chi connectivity index (χ2n) is 6.31. The highest BCUT2D eigenvalue weighted by molar-refractivity contribution is 7.92. The van der Waals surface area contributed by atoms with Crippen LogP contribution in [0.1, 0.15) is 45.4 Å². The Hall–Kier alpha value is -1.27. The number of hydrogen-bond donors (Lipinski definition) is 1. The van der Waals surface area contributed by atoms with Gasteiger partial charge < -0.3 is 5.32 Å².